The maximum Gasteiger partial charge on any atom is 0.407 e. The first-order chi connectivity index (χ1) is 11.3. The highest BCUT2D eigenvalue weighted by Crippen LogP contribution is 2.33. The molecule has 122 valence electrons. The van der Waals surface area contributed by atoms with Gasteiger partial charge >= 0.3 is 11.9 Å². The average Bonchev–Trinajstić information content (AvgIpc) is 2.80. The highest BCUT2D eigenvalue weighted by atomic mass is 19.3. The SMILES string of the molecule is Cc1ccccc1C(F)(F)C(=O)ON1C(=O)c2ccccc2C1=O. The van der Waals surface area contributed by atoms with Gasteiger partial charge < -0.3 is 4.84 Å². The summed E-state index contributed by atoms with van der Waals surface area (Å²) in [5, 5.41) is 0.0686. The zero-order chi connectivity index (χ0) is 17.5. The lowest BCUT2D eigenvalue weighted by atomic mass is 10.0. The van der Waals surface area contributed by atoms with Crippen LogP contribution in [0.2, 0.25) is 0 Å². The molecule has 0 atom stereocenters. The summed E-state index contributed by atoms with van der Waals surface area (Å²) in [5.74, 6) is -7.90. The number of alkyl halides is 2. The van der Waals surface area contributed by atoms with Crippen LogP contribution in [0.4, 0.5) is 8.78 Å². The van der Waals surface area contributed by atoms with Gasteiger partial charge in [-0.25, -0.2) is 4.79 Å². The monoisotopic (exact) mass is 331 g/mol. The lowest BCUT2D eigenvalue weighted by molar-refractivity contribution is -0.198. The summed E-state index contributed by atoms with van der Waals surface area (Å²) in [6.07, 6.45) is 0. The van der Waals surface area contributed by atoms with Crippen LogP contribution in [0.15, 0.2) is 48.5 Å². The smallest absolute Gasteiger partial charge is 0.323 e. The molecule has 5 nitrogen and oxygen atoms in total. The normalized spacial score (nSPS) is 13.9. The van der Waals surface area contributed by atoms with E-state index in [2.05, 4.69) is 4.84 Å². The number of rotatable bonds is 3. The molecule has 0 bridgehead atoms. The summed E-state index contributed by atoms with van der Waals surface area (Å²) in [6.45, 7) is 1.42. The third-order valence-corrected chi connectivity index (χ3v) is 3.67. The minimum absolute atomic E-state index is 0.00509. The highest BCUT2D eigenvalue weighted by molar-refractivity contribution is 6.20. The van der Waals surface area contributed by atoms with Gasteiger partial charge in [-0.15, -0.1) is 0 Å². The van der Waals surface area contributed by atoms with Crippen molar-refractivity contribution in [1.29, 1.82) is 0 Å². The van der Waals surface area contributed by atoms with E-state index in [4.69, 9.17) is 0 Å². The Kier molecular flexibility index (Phi) is 3.63. The molecule has 2 aromatic rings. The van der Waals surface area contributed by atoms with E-state index >= 15 is 0 Å². The predicted octanol–water partition coefficient (Wildman–Crippen LogP) is 2.84. The predicted molar refractivity (Wildman–Crippen MR) is 78.1 cm³/mol. The molecule has 3 rings (SSSR count). The summed E-state index contributed by atoms with van der Waals surface area (Å²) in [4.78, 5) is 40.4. The number of hydrogen-bond acceptors (Lipinski definition) is 4. The Hall–Kier alpha value is -3.09. The number of halogens is 2. The number of aryl methyl sites for hydroxylation is 1. The minimum atomic E-state index is -4.00. The topological polar surface area (TPSA) is 63.7 Å². The summed E-state index contributed by atoms with van der Waals surface area (Å²) in [6, 6.07) is 11.1. The number of fused-ring (bicyclic) bond motifs is 1. The fourth-order valence-electron chi connectivity index (χ4n) is 2.43. The number of nitrogens with zero attached hydrogens (tertiary/aromatic N) is 1. The molecule has 1 heterocycles. The standard InChI is InChI=1S/C17H11F2NO4/c1-10-6-2-5-9-13(10)17(18,19)16(23)24-20-14(21)11-7-3-4-8-12(11)15(20)22/h2-9H,1H3. The molecule has 0 spiro atoms. The molecule has 0 unspecified atom stereocenters. The van der Waals surface area contributed by atoms with Crippen LogP contribution in [0.3, 0.4) is 0 Å². The van der Waals surface area contributed by atoms with Gasteiger partial charge in [0.25, 0.3) is 11.8 Å². The van der Waals surface area contributed by atoms with Crippen LogP contribution in [0.25, 0.3) is 0 Å². The molecule has 2 amide bonds. The van der Waals surface area contributed by atoms with Crippen LogP contribution >= 0.6 is 0 Å². The Bertz CT molecular complexity index is 828. The average molecular weight is 331 g/mol. The van der Waals surface area contributed by atoms with Gasteiger partial charge in [-0.05, 0) is 24.6 Å². The zero-order valence-electron chi connectivity index (χ0n) is 12.5. The number of carbonyl (C=O) groups excluding carboxylic acids is 3. The van der Waals surface area contributed by atoms with Crippen molar-refractivity contribution >= 4 is 17.8 Å². The molecule has 0 radical (unpaired) electrons. The molecule has 1 aliphatic heterocycles. The molecule has 0 aliphatic carbocycles. The third kappa shape index (κ3) is 2.34. The van der Waals surface area contributed by atoms with Crippen LogP contribution in [-0.2, 0) is 15.6 Å². The molecule has 7 heteroatoms. The first-order valence-corrected chi connectivity index (χ1v) is 6.98. The largest absolute Gasteiger partial charge is 0.407 e. The van der Waals surface area contributed by atoms with Crippen molar-refractivity contribution < 1.29 is 28.0 Å². The van der Waals surface area contributed by atoms with Gasteiger partial charge in [0, 0.05) is 5.56 Å². The van der Waals surface area contributed by atoms with Gasteiger partial charge in [0.1, 0.15) is 0 Å². The van der Waals surface area contributed by atoms with Crippen molar-refractivity contribution in [2.75, 3.05) is 0 Å². The summed E-state index contributed by atoms with van der Waals surface area (Å²) < 4.78 is 28.6. The molecular formula is C17H11F2NO4. The molecule has 24 heavy (non-hydrogen) atoms. The van der Waals surface area contributed by atoms with Crippen molar-refractivity contribution in [3.8, 4) is 0 Å². The van der Waals surface area contributed by atoms with E-state index in [0.717, 1.165) is 6.07 Å². The second kappa shape index (κ2) is 5.52. The summed E-state index contributed by atoms with van der Waals surface area (Å²) in [7, 11) is 0. The molecule has 0 saturated carbocycles. The molecular weight excluding hydrogens is 320 g/mol. The van der Waals surface area contributed by atoms with Crippen molar-refractivity contribution in [3.63, 3.8) is 0 Å². The maximum absolute atomic E-state index is 14.3. The number of carbonyl (C=O) groups is 3. The van der Waals surface area contributed by atoms with E-state index in [9.17, 15) is 23.2 Å². The van der Waals surface area contributed by atoms with Crippen LogP contribution in [0.5, 0.6) is 0 Å². The fourth-order valence-corrected chi connectivity index (χ4v) is 2.43. The molecule has 0 N–H and O–H groups in total. The maximum atomic E-state index is 14.3. The van der Waals surface area contributed by atoms with Crippen LogP contribution < -0.4 is 0 Å². The Balaban J connectivity index is 1.87. The van der Waals surface area contributed by atoms with E-state index in [-0.39, 0.29) is 21.8 Å². The van der Waals surface area contributed by atoms with Crippen molar-refractivity contribution in [2.24, 2.45) is 0 Å². The van der Waals surface area contributed by atoms with Gasteiger partial charge in [-0.3, -0.25) is 9.59 Å². The lowest BCUT2D eigenvalue weighted by Crippen LogP contribution is -2.39. The first kappa shape index (κ1) is 15.8. The van der Waals surface area contributed by atoms with Gasteiger partial charge in [0.05, 0.1) is 11.1 Å². The van der Waals surface area contributed by atoms with E-state index in [1.165, 1.54) is 43.3 Å². The van der Waals surface area contributed by atoms with Crippen LogP contribution in [-0.4, -0.2) is 22.8 Å². The van der Waals surface area contributed by atoms with Crippen LogP contribution in [0.1, 0.15) is 31.8 Å². The first-order valence-electron chi connectivity index (χ1n) is 6.98. The Morgan fingerprint density at radius 2 is 1.46 bits per heavy atom. The van der Waals surface area contributed by atoms with Gasteiger partial charge in [0.15, 0.2) is 0 Å². The van der Waals surface area contributed by atoms with Crippen molar-refractivity contribution in [1.82, 2.24) is 5.06 Å². The second-order valence-electron chi connectivity index (χ2n) is 5.22. The van der Waals surface area contributed by atoms with Crippen LogP contribution in [0, 0.1) is 6.92 Å². The van der Waals surface area contributed by atoms with Gasteiger partial charge in [-0.2, -0.15) is 8.78 Å². The van der Waals surface area contributed by atoms with E-state index in [1.807, 2.05) is 0 Å². The summed E-state index contributed by atoms with van der Waals surface area (Å²) in [5.41, 5.74) is -0.377. The Morgan fingerprint density at radius 3 is 2.00 bits per heavy atom. The quantitative estimate of drug-likeness (QED) is 0.811. The number of hydroxylamine groups is 2. The van der Waals surface area contributed by atoms with Gasteiger partial charge in [-0.1, -0.05) is 41.5 Å². The molecule has 0 fully saturated rings. The zero-order valence-corrected chi connectivity index (χ0v) is 12.5. The molecule has 0 aromatic heterocycles. The fraction of sp³-hybridized carbons (Fsp3) is 0.118. The molecule has 1 aliphatic rings. The molecule has 2 aromatic carbocycles. The number of benzene rings is 2. The molecule has 0 saturated heterocycles. The summed E-state index contributed by atoms with van der Waals surface area (Å²) >= 11 is 0. The number of amides is 2. The van der Waals surface area contributed by atoms with Crippen molar-refractivity contribution in [3.05, 3.63) is 70.8 Å². The van der Waals surface area contributed by atoms with Crippen molar-refractivity contribution in [2.45, 2.75) is 12.8 Å². The number of hydrogen-bond donors (Lipinski definition) is 0. The Labute approximate surface area is 135 Å². The van der Waals surface area contributed by atoms with E-state index < -0.39 is 29.3 Å². The Morgan fingerprint density at radius 1 is 0.958 bits per heavy atom. The number of imide groups is 1. The lowest BCUT2D eigenvalue weighted by Gasteiger charge is -2.19. The van der Waals surface area contributed by atoms with Gasteiger partial charge in [0.2, 0.25) is 0 Å². The van der Waals surface area contributed by atoms with E-state index in [0.29, 0.717) is 0 Å². The third-order valence-electron chi connectivity index (χ3n) is 3.67. The van der Waals surface area contributed by atoms with E-state index in [1.54, 1.807) is 6.07 Å². The highest BCUT2D eigenvalue weighted by Gasteiger charge is 2.48. The minimum Gasteiger partial charge on any atom is -0.323 e. The second-order valence-corrected chi connectivity index (χ2v) is 5.22.